The van der Waals surface area contributed by atoms with Gasteiger partial charge in [-0.25, -0.2) is 21.5 Å². The fourth-order valence-electron chi connectivity index (χ4n) is 4.65. The molecule has 2 aliphatic carbocycles. The molecule has 0 radical (unpaired) electrons. The van der Waals surface area contributed by atoms with Gasteiger partial charge in [-0.15, -0.1) is 11.8 Å². The Morgan fingerprint density at radius 1 is 1.00 bits per heavy atom. The summed E-state index contributed by atoms with van der Waals surface area (Å²) < 4.78 is 5.74. The highest BCUT2D eigenvalue weighted by Crippen LogP contribution is 2.29. The molecular formula is C21H41N5O3S. The van der Waals surface area contributed by atoms with Crippen molar-refractivity contribution in [1.82, 2.24) is 27.0 Å². The van der Waals surface area contributed by atoms with Gasteiger partial charge in [0.2, 0.25) is 0 Å². The SMILES string of the molecule is CC1CCC(NNC(NNC2NC(C)C(C)S2)C2CCCC(O/C=C/OO)C2)CC1. The van der Waals surface area contributed by atoms with Crippen LogP contribution in [-0.4, -0.2) is 40.4 Å². The van der Waals surface area contributed by atoms with Crippen molar-refractivity contribution in [2.75, 3.05) is 0 Å². The van der Waals surface area contributed by atoms with E-state index in [4.69, 9.17) is 9.99 Å². The molecule has 9 heteroatoms. The molecule has 0 amide bonds. The van der Waals surface area contributed by atoms with Crippen molar-refractivity contribution in [1.29, 1.82) is 0 Å². The number of ether oxygens (including phenoxy) is 1. The average molecular weight is 444 g/mol. The van der Waals surface area contributed by atoms with Crippen LogP contribution in [0.5, 0.6) is 0 Å². The van der Waals surface area contributed by atoms with E-state index in [1.807, 2.05) is 11.8 Å². The van der Waals surface area contributed by atoms with Gasteiger partial charge < -0.3 is 9.62 Å². The van der Waals surface area contributed by atoms with E-state index in [-0.39, 0.29) is 17.8 Å². The molecule has 8 nitrogen and oxygen atoms in total. The Hall–Kier alpha value is -0.550. The monoisotopic (exact) mass is 443 g/mol. The third-order valence-corrected chi connectivity index (χ3v) is 8.19. The molecule has 6 atom stereocenters. The van der Waals surface area contributed by atoms with Crippen LogP contribution >= 0.6 is 11.8 Å². The van der Waals surface area contributed by atoms with Crippen LogP contribution < -0.4 is 27.0 Å². The molecule has 0 aromatic carbocycles. The molecule has 6 unspecified atom stereocenters. The Kier molecular flexibility index (Phi) is 10.0. The Morgan fingerprint density at radius 3 is 2.47 bits per heavy atom. The highest BCUT2D eigenvalue weighted by molar-refractivity contribution is 8.00. The molecule has 3 rings (SSSR count). The predicted octanol–water partition coefficient (Wildman–Crippen LogP) is 3.01. The van der Waals surface area contributed by atoms with Gasteiger partial charge in [0, 0.05) is 17.3 Å². The highest BCUT2D eigenvalue weighted by atomic mass is 32.2. The average Bonchev–Trinajstić information content (AvgIpc) is 3.07. The van der Waals surface area contributed by atoms with Crippen molar-refractivity contribution >= 4 is 11.8 Å². The van der Waals surface area contributed by atoms with Crippen molar-refractivity contribution in [2.45, 2.75) is 107 Å². The van der Waals surface area contributed by atoms with Crippen molar-refractivity contribution in [2.24, 2.45) is 11.8 Å². The smallest absolute Gasteiger partial charge is 0.163 e. The lowest BCUT2D eigenvalue weighted by Gasteiger charge is -2.37. The molecule has 0 bridgehead atoms. The summed E-state index contributed by atoms with van der Waals surface area (Å²) in [6.07, 6.45) is 12.1. The second-order valence-electron chi connectivity index (χ2n) is 9.25. The second kappa shape index (κ2) is 12.5. The minimum Gasteiger partial charge on any atom is -0.495 e. The van der Waals surface area contributed by atoms with E-state index in [2.05, 4.69) is 52.7 Å². The molecule has 3 aliphatic rings. The van der Waals surface area contributed by atoms with Crippen LogP contribution in [0, 0.1) is 11.8 Å². The van der Waals surface area contributed by atoms with Crippen LogP contribution in [0.1, 0.15) is 72.1 Å². The Balaban J connectivity index is 1.53. The number of hydrazine groups is 2. The minimum atomic E-state index is 0.0995. The normalized spacial score (nSPS) is 38.6. The van der Waals surface area contributed by atoms with Crippen LogP contribution in [0.4, 0.5) is 0 Å². The lowest BCUT2D eigenvalue weighted by molar-refractivity contribution is -0.189. The van der Waals surface area contributed by atoms with Gasteiger partial charge in [-0.3, -0.25) is 10.7 Å². The second-order valence-corrected chi connectivity index (χ2v) is 10.7. The van der Waals surface area contributed by atoms with Gasteiger partial charge in [-0.05, 0) is 70.1 Å². The molecule has 1 aliphatic heterocycles. The molecular weight excluding hydrogens is 402 g/mol. The molecule has 30 heavy (non-hydrogen) atoms. The van der Waals surface area contributed by atoms with E-state index < -0.39 is 0 Å². The summed E-state index contributed by atoms with van der Waals surface area (Å²) in [5, 5.41) is 12.6. The standard InChI is InChI=1S/C21H41N5O3S/c1-14-7-9-18(10-8-14)23-24-20(25-26-21-22-15(2)16(3)30-21)17-5-4-6-19(13-17)28-11-12-29-27/h11-12,14-27H,4-10,13H2,1-3H3/b12-11+. The first-order valence-electron chi connectivity index (χ1n) is 11.6. The Bertz CT molecular complexity index is 511. The van der Waals surface area contributed by atoms with Gasteiger partial charge in [0.15, 0.2) is 6.26 Å². The van der Waals surface area contributed by atoms with E-state index in [1.165, 1.54) is 31.9 Å². The largest absolute Gasteiger partial charge is 0.495 e. The maximum atomic E-state index is 8.45. The summed E-state index contributed by atoms with van der Waals surface area (Å²) in [4.78, 5) is 3.97. The van der Waals surface area contributed by atoms with Gasteiger partial charge in [-0.1, -0.05) is 13.8 Å². The molecule has 174 valence electrons. The topological polar surface area (TPSA) is 98.8 Å². The molecule has 0 spiro atoms. The molecule has 2 saturated carbocycles. The first-order chi connectivity index (χ1) is 14.5. The van der Waals surface area contributed by atoms with Crippen LogP contribution in [0.15, 0.2) is 12.5 Å². The third-order valence-electron chi connectivity index (χ3n) is 6.82. The lowest BCUT2D eigenvalue weighted by Crippen LogP contribution is -2.62. The predicted molar refractivity (Wildman–Crippen MR) is 121 cm³/mol. The summed E-state index contributed by atoms with van der Waals surface area (Å²) in [5.74, 6) is 1.27. The Morgan fingerprint density at radius 2 is 1.77 bits per heavy atom. The quantitative estimate of drug-likeness (QED) is 0.132. The van der Waals surface area contributed by atoms with Crippen molar-refractivity contribution in [3.63, 3.8) is 0 Å². The fourth-order valence-corrected chi connectivity index (χ4v) is 5.82. The van der Waals surface area contributed by atoms with Gasteiger partial charge in [-0.2, -0.15) is 0 Å². The minimum absolute atomic E-state index is 0.0995. The first-order valence-corrected chi connectivity index (χ1v) is 12.5. The zero-order valence-electron chi connectivity index (χ0n) is 18.6. The molecule has 1 saturated heterocycles. The fraction of sp³-hybridized carbons (Fsp3) is 0.905. The summed E-state index contributed by atoms with van der Waals surface area (Å²) >= 11 is 1.92. The highest BCUT2D eigenvalue weighted by Gasteiger charge is 2.32. The van der Waals surface area contributed by atoms with Gasteiger partial charge in [0.05, 0.1) is 12.3 Å². The first kappa shape index (κ1) is 24.1. The third kappa shape index (κ3) is 7.55. The van der Waals surface area contributed by atoms with Crippen LogP contribution in [-0.2, 0) is 9.62 Å². The number of thioether (sulfide) groups is 1. The van der Waals surface area contributed by atoms with Gasteiger partial charge >= 0.3 is 0 Å². The zero-order valence-corrected chi connectivity index (χ0v) is 19.4. The van der Waals surface area contributed by atoms with Crippen molar-refractivity contribution in [3.8, 4) is 0 Å². The van der Waals surface area contributed by atoms with Crippen LogP contribution in [0.3, 0.4) is 0 Å². The molecule has 3 fully saturated rings. The maximum Gasteiger partial charge on any atom is 0.163 e. The van der Waals surface area contributed by atoms with E-state index in [0.717, 1.165) is 37.9 Å². The number of nitrogens with one attached hydrogen (secondary N) is 5. The van der Waals surface area contributed by atoms with E-state index >= 15 is 0 Å². The summed E-state index contributed by atoms with van der Waals surface area (Å²) in [7, 11) is 0. The van der Waals surface area contributed by atoms with E-state index in [0.29, 0.717) is 23.3 Å². The van der Waals surface area contributed by atoms with Gasteiger partial charge in [0.25, 0.3) is 0 Å². The number of hydrogen-bond donors (Lipinski definition) is 6. The molecule has 0 aromatic heterocycles. The molecule has 6 N–H and O–H groups in total. The maximum absolute atomic E-state index is 8.45. The summed E-state index contributed by atoms with van der Waals surface area (Å²) in [6, 6.07) is 1.03. The van der Waals surface area contributed by atoms with Crippen LogP contribution in [0.2, 0.25) is 0 Å². The summed E-state index contributed by atoms with van der Waals surface area (Å²) in [6.45, 7) is 6.84. The zero-order chi connectivity index (χ0) is 21.3. The Labute approximate surface area is 185 Å². The van der Waals surface area contributed by atoms with Gasteiger partial charge in [0.1, 0.15) is 11.8 Å². The van der Waals surface area contributed by atoms with E-state index in [9.17, 15) is 0 Å². The lowest BCUT2D eigenvalue weighted by atomic mass is 9.85. The molecule has 0 aromatic rings. The van der Waals surface area contributed by atoms with E-state index in [1.54, 1.807) is 0 Å². The number of rotatable bonds is 10. The molecule has 1 heterocycles. The van der Waals surface area contributed by atoms with Crippen molar-refractivity contribution in [3.05, 3.63) is 12.5 Å². The number of hydrogen-bond acceptors (Lipinski definition) is 9. The van der Waals surface area contributed by atoms with Crippen LogP contribution in [0.25, 0.3) is 0 Å². The summed E-state index contributed by atoms with van der Waals surface area (Å²) in [5.41, 5.74) is 14.5. The van der Waals surface area contributed by atoms with Crippen molar-refractivity contribution < 1.29 is 14.9 Å².